The summed E-state index contributed by atoms with van der Waals surface area (Å²) >= 11 is 5.13. The largest absolute Gasteiger partial charge is 0.465 e. The molecule has 2 rings (SSSR count). The molecule has 22 heavy (non-hydrogen) atoms. The Morgan fingerprint density at radius 1 is 1.09 bits per heavy atom. The van der Waals surface area contributed by atoms with Gasteiger partial charge in [-0.15, -0.1) is 0 Å². The van der Waals surface area contributed by atoms with Crippen LogP contribution in [0.3, 0.4) is 0 Å². The third-order valence-electron chi connectivity index (χ3n) is 3.55. The second-order valence-electron chi connectivity index (χ2n) is 5.10. The molecule has 0 saturated heterocycles. The lowest BCUT2D eigenvalue weighted by Gasteiger charge is -2.16. The van der Waals surface area contributed by atoms with E-state index < -0.39 is 5.97 Å². The first-order valence-corrected chi connectivity index (χ1v) is 7.56. The lowest BCUT2D eigenvalue weighted by atomic mass is 10.1. The Bertz CT molecular complexity index is 554. The van der Waals surface area contributed by atoms with Crippen LogP contribution in [0.25, 0.3) is 0 Å². The minimum absolute atomic E-state index is 0.327. The van der Waals surface area contributed by atoms with E-state index in [-0.39, 0.29) is 5.91 Å². The lowest BCUT2D eigenvalue weighted by molar-refractivity contribution is 0.0600. The minimum atomic E-state index is -0.438. The summed E-state index contributed by atoms with van der Waals surface area (Å²) < 4.78 is 4.60. The van der Waals surface area contributed by atoms with E-state index in [1.807, 2.05) is 0 Å². The van der Waals surface area contributed by atoms with Crippen molar-refractivity contribution in [2.45, 2.75) is 31.7 Å². The molecule has 1 aliphatic carbocycles. The molecule has 1 saturated carbocycles. The van der Waals surface area contributed by atoms with E-state index in [0.29, 0.717) is 22.3 Å². The van der Waals surface area contributed by atoms with Crippen LogP contribution >= 0.6 is 12.2 Å². The normalized spacial score (nSPS) is 14.2. The average Bonchev–Trinajstić information content (AvgIpc) is 3.05. The molecule has 0 spiro atoms. The summed E-state index contributed by atoms with van der Waals surface area (Å²) in [7, 11) is 1.31. The number of carbonyl (C=O) groups excluding carboxylic acids is 2. The first-order valence-electron chi connectivity index (χ1n) is 7.15. The molecule has 0 bridgehead atoms. The van der Waals surface area contributed by atoms with Gasteiger partial charge in [0, 0.05) is 11.6 Å². The van der Waals surface area contributed by atoms with Crippen LogP contribution in [0.15, 0.2) is 24.3 Å². The second kappa shape index (κ2) is 7.74. The number of rotatable bonds is 3. The van der Waals surface area contributed by atoms with Gasteiger partial charge < -0.3 is 10.1 Å². The molecule has 1 amide bonds. The number of hydrazine groups is 1. The Kier molecular flexibility index (Phi) is 5.71. The number of esters is 1. The van der Waals surface area contributed by atoms with Crippen LogP contribution in [-0.4, -0.2) is 30.1 Å². The SMILES string of the molecule is COC(=O)c1ccc(C(=O)NNC(=S)NC2CCCC2)cc1. The zero-order valence-electron chi connectivity index (χ0n) is 12.3. The number of hydrogen-bond acceptors (Lipinski definition) is 4. The Morgan fingerprint density at radius 3 is 2.27 bits per heavy atom. The molecule has 1 fully saturated rings. The summed E-state index contributed by atoms with van der Waals surface area (Å²) in [4.78, 5) is 23.3. The van der Waals surface area contributed by atoms with Crippen LogP contribution in [0.5, 0.6) is 0 Å². The predicted octanol–water partition coefficient (Wildman–Crippen LogP) is 1.52. The summed E-state index contributed by atoms with van der Waals surface area (Å²) in [6, 6.07) is 6.57. The van der Waals surface area contributed by atoms with Crippen molar-refractivity contribution < 1.29 is 14.3 Å². The minimum Gasteiger partial charge on any atom is -0.465 e. The molecule has 0 unspecified atom stereocenters. The van der Waals surface area contributed by atoms with E-state index in [0.717, 1.165) is 12.8 Å². The highest BCUT2D eigenvalue weighted by atomic mass is 32.1. The number of thiocarbonyl (C=S) groups is 1. The highest BCUT2D eigenvalue weighted by molar-refractivity contribution is 7.80. The van der Waals surface area contributed by atoms with Crippen molar-refractivity contribution in [3.63, 3.8) is 0 Å². The second-order valence-corrected chi connectivity index (χ2v) is 5.51. The van der Waals surface area contributed by atoms with Gasteiger partial charge >= 0.3 is 5.97 Å². The third kappa shape index (κ3) is 4.42. The standard InChI is InChI=1S/C15H19N3O3S/c1-21-14(20)11-8-6-10(7-9-11)13(19)17-18-15(22)16-12-4-2-3-5-12/h6-9,12H,2-5H2,1H3,(H,17,19)(H2,16,18,22). The molecule has 1 aromatic carbocycles. The van der Waals surface area contributed by atoms with Crippen molar-refractivity contribution in [1.29, 1.82) is 0 Å². The van der Waals surface area contributed by atoms with E-state index >= 15 is 0 Å². The molecular formula is C15H19N3O3S. The van der Waals surface area contributed by atoms with Crippen molar-refractivity contribution in [3.05, 3.63) is 35.4 Å². The lowest BCUT2D eigenvalue weighted by Crippen LogP contribution is -2.49. The fourth-order valence-corrected chi connectivity index (χ4v) is 2.57. The Labute approximate surface area is 134 Å². The molecule has 118 valence electrons. The number of ether oxygens (including phenoxy) is 1. The van der Waals surface area contributed by atoms with Crippen molar-refractivity contribution in [2.24, 2.45) is 0 Å². The topological polar surface area (TPSA) is 79.5 Å². The van der Waals surface area contributed by atoms with Crippen LogP contribution in [0.1, 0.15) is 46.4 Å². The maximum atomic E-state index is 12.0. The van der Waals surface area contributed by atoms with E-state index in [1.165, 1.54) is 32.1 Å². The van der Waals surface area contributed by atoms with Crippen molar-refractivity contribution in [3.8, 4) is 0 Å². The fourth-order valence-electron chi connectivity index (χ4n) is 2.35. The van der Waals surface area contributed by atoms with Gasteiger partial charge in [0.25, 0.3) is 5.91 Å². The van der Waals surface area contributed by atoms with Crippen LogP contribution in [0.4, 0.5) is 0 Å². The van der Waals surface area contributed by atoms with Crippen LogP contribution in [0.2, 0.25) is 0 Å². The summed E-state index contributed by atoms with van der Waals surface area (Å²) in [5, 5.41) is 3.57. The van der Waals surface area contributed by atoms with Crippen LogP contribution < -0.4 is 16.2 Å². The molecule has 0 aliphatic heterocycles. The van der Waals surface area contributed by atoms with E-state index in [1.54, 1.807) is 12.1 Å². The molecule has 7 heteroatoms. The van der Waals surface area contributed by atoms with Gasteiger partial charge in [0.05, 0.1) is 12.7 Å². The van der Waals surface area contributed by atoms with Gasteiger partial charge in [-0.2, -0.15) is 0 Å². The molecule has 6 nitrogen and oxygen atoms in total. The highest BCUT2D eigenvalue weighted by Crippen LogP contribution is 2.17. The smallest absolute Gasteiger partial charge is 0.337 e. The Hall–Kier alpha value is -2.15. The third-order valence-corrected chi connectivity index (χ3v) is 3.77. The van der Waals surface area contributed by atoms with Gasteiger partial charge in [0.1, 0.15) is 0 Å². The van der Waals surface area contributed by atoms with Gasteiger partial charge in [-0.1, -0.05) is 12.8 Å². The number of methoxy groups -OCH3 is 1. The molecule has 0 radical (unpaired) electrons. The highest BCUT2D eigenvalue weighted by Gasteiger charge is 2.15. The van der Waals surface area contributed by atoms with Crippen LogP contribution in [0, 0.1) is 0 Å². The number of carbonyl (C=O) groups is 2. The molecule has 3 N–H and O–H groups in total. The average molecular weight is 321 g/mol. The number of hydrogen-bond donors (Lipinski definition) is 3. The molecular weight excluding hydrogens is 302 g/mol. The monoisotopic (exact) mass is 321 g/mol. The zero-order chi connectivity index (χ0) is 15.9. The summed E-state index contributed by atoms with van der Waals surface area (Å²) in [6.07, 6.45) is 4.62. The molecule has 1 aliphatic rings. The summed E-state index contributed by atoms with van der Waals surface area (Å²) in [6.45, 7) is 0. The van der Waals surface area contributed by atoms with Gasteiger partial charge in [-0.05, 0) is 49.3 Å². The van der Waals surface area contributed by atoms with E-state index in [2.05, 4.69) is 20.9 Å². The Morgan fingerprint density at radius 2 is 1.68 bits per heavy atom. The molecule has 1 aromatic rings. The van der Waals surface area contributed by atoms with Gasteiger partial charge in [0.2, 0.25) is 0 Å². The van der Waals surface area contributed by atoms with E-state index in [4.69, 9.17) is 12.2 Å². The Balaban J connectivity index is 1.81. The maximum Gasteiger partial charge on any atom is 0.337 e. The first kappa shape index (κ1) is 16.2. The first-order chi connectivity index (χ1) is 10.6. The number of benzene rings is 1. The summed E-state index contributed by atoms with van der Waals surface area (Å²) in [5.74, 6) is -0.765. The van der Waals surface area contributed by atoms with Crippen molar-refractivity contribution in [1.82, 2.24) is 16.2 Å². The predicted molar refractivity (Wildman–Crippen MR) is 86.4 cm³/mol. The number of nitrogens with one attached hydrogen (secondary N) is 3. The summed E-state index contributed by atoms with van der Waals surface area (Å²) in [5.41, 5.74) is 6.03. The van der Waals surface area contributed by atoms with Crippen molar-refractivity contribution >= 4 is 29.2 Å². The van der Waals surface area contributed by atoms with Gasteiger partial charge in [-0.25, -0.2) is 4.79 Å². The van der Waals surface area contributed by atoms with E-state index in [9.17, 15) is 9.59 Å². The molecule has 0 aromatic heterocycles. The fraction of sp³-hybridized carbons (Fsp3) is 0.400. The zero-order valence-corrected chi connectivity index (χ0v) is 13.2. The maximum absolute atomic E-state index is 12.0. The van der Waals surface area contributed by atoms with Crippen molar-refractivity contribution in [2.75, 3.05) is 7.11 Å². The van der Waals surface area contributed by atoms with Gasteiger partial charge in [-0.3, -0.25) is 15.6 Å². The quantitative estimate of drug-likeness (QED) is 0.445. The molecule has 0 atom stereocenters. The van der Waals surface area contributed by atoms with Crippen LogP contribution in [-0.2, 0) is 4.74 Å². The number of amides is 1. The molecule has 0 heterocycles. The van der Waals surface area contributed by atoms with Gasteiger partial charge in [0.15, 0.2) is 5.11 Å².